The Bertz CT molecular complexity index is 561. The summed E-state index contributed by atoms with van der Waals surface area (Å²) in [6.45, 7) is 0.567. The van der Waals surface area contributed by atoms with Gasteiger partial charge < -0.3 is 15.4 Å². The molecule has 20 heavy (non-hydrogen) atoms. The topological polar surface area (TPSA) is 67.4 Å². The monoisotopic (exact) mass is 338 g/mol. The molecule has 2 N–H and O–H groups in total. The quantitative estimate of drug-likeness (QED) is 0.861. The van der Waals surface area contributed by atoms with E-state index in [0.29, 0.717) is 19.4 Å². The fourth-order valence-electron chi connectivity index (χ4n) is 2.62. The summed E-state index contributed by atoms with van der Waals surface area (Å²) < 4.78 is 6.53. The Morgan fingerprint density at radius 1 is 1.40 bits per heavy atom. The largest absolute Gasteiger partial charge is 0.492 e. The molecule has 3 rings (SSSR count). The fraction of sp³-hybridized carbons (Fsp3) is 0.429. The number of hydrogen-bond donors (Lipinski definition) is 2. The number of halogens is 1. The first-order valence-electron chi connectivity index (χ1n) is 6.66. The minimum Gasteiger partial charge on any atom is -0.492 e. The summed E-state index contributed by atoms with van der Waals surface area (Å²) in [4.78, 5) is 23.4. The van der Waals surface area contributed by atoms with Gasteiger partial charge in [0.25, 0.3) is 0 Å². The van der Waals surface area contributed by atoms with Gasteiger partial charge in [-0.2, -0.15) is 0 Å². The lowest BCUT2D eigenvalue weighted by molar-refractivity contribution is -0.126. The average Bonchev–Trinajstić information content (AvgIpc) is 2.87. The smallest absolute Gasteiger partial charge is 0.243 e. The van der Waals surface area contributed by atoms with Crippen LogP contribution in [0.5, 0.6) is 5.75 Å². The maximum atomic E-state index is 12.2. The first-order chi connectivity index (χ1) is 9.65. The Balaban J connectivity index is 1.75. The summed E-state index contributed by atoms with van der Waals surface area (Å²) in [6, 6.07) is 5.33. The van der Waals surface area contributed by atoms with Gasteiger partial charge in [-0.3, -0.25) is 9.59 Å². The predicted octanol–water partition coefficient (Wildman–Crippen LogP) is 1.67. The van der Waals surface area contributed by atoms with Gasteiger partial charge in [-0.15, -0.1) is 0 Å². The average molecular weight is 339 g/mol. The number of carbonyl (C=O) groups is 2. The number of fused-ring (bicyclic) bond motifs is 1. The predicted molar refractivity (Wildman–Crippen MR) is 76.3 cm³/mol. The van der Waals surface area contributed by atoms with E-state index in [1.54, 1.807) is 0 Å². The number of rotatable bonds is 2. The minimum atomic E-state index is -0.402. The maximum absolute atomic E-state index is 12.2. The molecule has 5 nitrogen and oxygen atoms in total. The number of nitrogens with one attached hydrogen (secondary N) is 2. The molecule has 2 heterocycles. The molecule has 0 spiro atoms. The summed E-state index contributed by atoms with van der Waals surface area (Å²) in [7, 11) is 0. The second-order valence-electron chi connectivity index (χ2n) is 5.02. The molecular formula is C14H15BrN2O3. The van der Waals surface area contributed by atoms with Crippen molar-refractivity contribution in [3.63, 3.8) is 0 Å². The summed E-state index contributed by atoms with van der Waals surface area (Å²) in [5.41, 5.74) is 0.975. The van der Waals surface area contributed by atoms with Crippen LogP contribution in [0.1, 0.15) is 30.9 Å². The van der Waals surface area contributed by atoms with Gasteiger partial charge in [0.15, 0.2) is 0 Å². The Hall–Kier alpha value is -1.56. The number of para-hydroxylation sites is 1. The number of ether oxygens (including phenoxy) is 1. The zero-order valence-electron chi connectivity index (χ0n) is 10.8. The van der Waals surface area contributed by atoms with Crippen LogP contribution in [-0.2, 0) is 9.59 Å². The van der Waals surface area contributed by atoms with E-state index in [4.69, 9.17) is 4.74 Å². The van der Waals surface area contributed by atoms with Crippen molar-refractivity contribution in [3.8, 4) is 5.75 Å². The summed E-state index contributed by atoms with van der Waals surface area (Å²) in [6.07, 6.45) is 1.73. The second kappa shape index (κ2) is 5.44. The van der Waals surface area contributed by atoms with Crippen LogP contribution in [0.4, 0.5) is 0 Å². The van der Waals surface area contributed by atoms with Crippen molar-refractivity contribution < 1.29 is 14.3 Å². The molecule has 0 saturated carbocycles. The third-order valence-electron chi connectivity index (χ3n) is 3.65. The summed E-state index contributed by atoms with van der Waals surface area (Å²) >= 11 is 3.46. The molecule has 0 radical (unpaired) electrons. The molecule has 1 aromatic carbocycles. The van der Waals surface area contributed by atoms with Crippen LogP contribution in [0.25, 0.3) is 0 Å². The van der Waals surface area contributed by atoms with Crippen LogP contribution in [-0.4, -0.2) is 24.5 Å². The Labute approximate surface area is 125 Å². The molecule has 2 atom stereocenters. The highest BCUT2D eigenvalue weighted by atomic mass is 79.9. The fourth-order valence-corrected chi connectivity index (χ4v) is 3.12. The highest BCUT2D eigenvalue weighted by Gasteiger charge is 2.31. The van der Waals surface area contributed by atoms with Crippen LogP contribution in [0.3, 0.4) is 0 Å². The molecule has 1 fully saturated rings. The van der Waals surface area contributed by atoms with E-state index in [9.17, 15) is 9.59 Å². The van der Waals surface area contributed by atoms with E-state index in [-0.39, 0.29) is 17.9 Å². The Kier molecular flexibility index (Phi) is 3.65. The van der Waals surface area contributed by atoms with Crippen molar-refractivity contribution in [2.24, 2.45) is 0 Å². The van der Waals surface area contributed by atoms with Crippen molar-refractivity contribution in [1.29, 1.82) is 0 Å². The van der Waals surface area contributed by atoms with Crippen LogP contribution in [0.15, 0.2) is 22.7 Å². The molecule has 0 aromatic heterocycles. The van der Waals surface area contributed by atoms with Gasteiger partial charge in [0, 0.05) is 18.4 Å². The zero-order chi connectivity index (χ0) is 14.1. The van der Waals surface area contributed by atoms with E-state index in [0.717, 1.165) is 22.2 Å². The van der Waals surface area contributed by atoms with Crippen molar-refractivity contribution in [2.45, 2.75) is 31.3 Å². The number of carbonyl (C=O) groups excluding carboxylic acids is 2. The van der Waals surface area contributed by atoms with E-state index in [1.165, 1.54) is 0 Å². The van der Waals surface area contributed by atoms with Gasteiger partial charge in [0.05, 0.1) is 17.1 Å². The first-order valence-corrected chi connectivity index (χ1v) is 7.45. The van der Waals surface area contributed by atoms with E-state index in [1.807, 2.05) is 18.2 Å². The van der Waals surface area contributed by atoms with Gasteiger partial charge in [0.2, 0.25) is 11.8 Å². The molecular weight excluding hydrogens is 324 g/mol. The molecule has 2 amide bonds. The summed E-state index contributed by atoms with van der Waals surface area (Å²) in [5.74, 6) is 0.619. The third kappa shape index (κ3) is 2.52. The van der Waals surface area contributed by atoms with Crippen molar-refractivity contribution >= 4 is 27.7 Å². The summed E-state index contributed by atoms with van der Waals surface area (Å²) in [5, 5.41) is 5.70. The minimum absolute atomic E-state index is 0.0553. The van der Waals surface area contributed by atoms with Gasteiger partial charge in [-0.25, -0.2) is 0 Å². The van der Waals surface area contributed by atoms with Gasteiger partial charge in [0.1, 0.15) is 11.8 Å². The zero-order valence-corrected chi connectivity index (χ0v) is 12.4. The molecule has 2 aliphatic heterocycles. The van der Waals surface area contributed by atoms with Crippen molar-refractivity contribution in [1.82, 2.24) is 10.6 Å². The van der Waals surface area contributed by atoms with E-state index in [2.05, 4.69) is 26.6 Å². The van der Waals surface area contributed by atoms with Crippen molar-refractivity contribution in [3.05, 3.63) is 28.2 Å². The molecule has 1 aromatic rings. The second-order valence-corrected chi connectivity index (χ2v) is 5.87. The number of amides is 2. The van der Waals surface area contributed by atoms with Gasteiger partial charge in [-0.05, 0) is 28.4 Å². The lowest BCUT2D eigenvalue weighted by Crippen LogP contribution is -2.44. The highest BCUT2D eigenvalue weighted by Crippen LogP contribution is 2.37. The van der Waals surface area contributed by atoms with Crippen LogP contribution < -0.4 is 15.4 Å². The normalized spacial score (nSPS) is 24.6. The molecule has 1 saturated heterocycles. The highest BCUT2D eigenvalue weighted by molar-refractivity contribution is 9.10. The standard InChI is InChI=1S/C14H15BrN2O3/c15-9-3-1-2-8-10(6-7-20-13(8)9)17-14(19)11-4-5-12(18)16-11/h1-3,10-11H,4-7H2,(H,16,18)(H,17,19)/t10?,11-/m1/s1. The molecule has 0 bridgehead atoms. The van der Waals surface area contributed by atoms with Gasteiger partial charge >= 0.3 is 0 Å². The molecule has 1 unspecified atom stereocenters. The number of hydrogen-bond acceptors (Lipinski definition) is 3. The Morgan fingerprint density at radius 3 is 3.00 bits per heavy atom. The first kappa shape index (κ1) is 13.4. The lowest BCUT2D eigenvalue weighted by Gasteiger charge is -2.28. The maximum Gasteiger partial charge on any atom is 0.243 e. The number of benzene rings is 1. The van der Waals surface area contributed by atoms with Crippen molar-refractivity contribution in [2.75, 3.05) is 6.61 Å². The van der Waals surface area contributed by atoms with Crippen LogP contribution in [0, 0.1) is 0 Å². The van der Waals surface area contributed by atoms with E-state index < -0.39 is 6.04 Å². The van der Waals surface area contributed by atoms with Gasteiger partial charge in [-0.1, -0.05) is 12.1 Å². The molecule has 106 valence electrons. The lowest BCUT2D eigenvalue weighted by atomic mass is 10.00. The van der Waals surface area contributed by atoms with Crippen LogP contribution >= 0.6 is 15.9 Å². The Morgan fingerprint density at radius 2 is 2.25 bits per heavy atom. The third-order valence-corrected chi connectivity index (χ3v) is 4.28. The molecule has 0 aliphatic carbocycles. The SMILES string of the molecule is O=C1CC[C@H](C(=O)NC2CCOc3c(Br)cccc32)N1. The van der Waals surface area contributed by atoms with Crippen LogP contribution in [0.2, 0.25) is 0 Å². The molecule has 6 heteroatoms. The van der Waals surface area contributed by atoms with E-state index >= 15 is 0 Å². The molecule has 2 aliphatic rings.